The van der Waals surface area contributed by atoms with Crippen LogP contribution >= 0.6 is 0 Å². The molecule has 6 heteroatoms. The van der Waals surface area contributed by atoms with Crippen LogP contribution in [0, 0.1) is 11.8 Å². The van der Waals surface area contributed by atoms with Crippen LogP contribution in [-0.2, 0) is 28.6 Å². The Bertz CT molecular complexity index is 1020. The van der Waals surface area contributed by atoms with E-state index in [-0.39, 0.29) is 31.1 Å². The first-order chi connectivity index (χ1) is 32.7. The zero-order valence-corrected chi connectivity index (χ0v) is 46.0. The second-order valence-corrected chi connectivity index (χ2v) is 21.9. The van der Waals surface area contributed by atoms with Crippen molar-refractivity contribution < 1.29 is 28.6 Å². The lowest BCUT2D eigenvalue weighted by molar-refractivity contribution is -0.167. The highest BCUT2D eigenvalue weighted by Gasteiger charge is 2.19. The molecule has 0 fully saturated rings. The van der Waals surface area contributed by atoms with E-state index in [1.807, 2.05) is 0 Å². The van der Waals surface area contributed by atoms with Gasteiger partial charge in [-0.15, -0.1) is 0 Å². The van der Waals surface area contributed by atoms with Crippen LogP contribution in [0.5, 0.6) is 0 Å². The fraction of sp³-hybridized carbons (Fsp3) is 0.951. The van der Waals surface area contributed by atoms with E-state index < -0.39 is 6.10 Å². The van der Waals surface area contributed by atoms with Gasteiger partial charge in [0, 0.05) is 19.3 Å². The van der Waals surface area contributed by atoms with Gasteiger partial charge in [-0.2, -0.15) is 0 Å². The molecule has 0 radical (unpaired) electrons. The molecule has 1 atom stereocenters. The van der Waals surface area contributed by atoms with E-state index in [2.05, 4.69) is 34.6 Å². The Labute approximate surface area is 418 Å². The highest BCUT2D eigenvalue weighted by Crippen LogP contribution is 2.18. The molecule has 0 unspecified atom stereocenters. The summed E-state index contributed by atoms with van der Waals surface area (Å²) in [6, 6.07) is 0. The second-order valence-electron chi connectivity index (χ2n) is 21.9. The molecule has 0 aromatic carbocycles. The molecule has 0 aliphatic carbocycles. The van der Waals surface area contributed by atoms with Crippen molar-refractivity contribution in [3.05, 3.63) is 0 Å². The molecule has 6 nitrogen and oxygen atoms in total. The minimum atomic E-state index is -0.763. The van der Waals surface area contributed by atoms with Crippen molar-refractivity contribution in [3.63, 3.8) is 0 Å². The third-order valence-electron chi connectivity index (χ3n) is 14.0. The minimum absolute atomic E-state index is 0.0623. The standard InChI is InChI=1S/C61H118O6/c1-6-7-8-9-10-11-12-13-21-26-31-36-41-46-51-59(62)65-54-58(55-66-60(63)52-47-42-37-32-28-23-25-30-35-40-45-50-57(4)5)67-61(64)53-48-43-38-33-27-22-19-17-15-14-16-18-20-24-29-34-39-44-49-56(2)3/h56-58H,6-55H2,1-5H3/t58-/m0/s1. The maximum absolute atomic E-state index is 12.9. The molecule has 0 N–H and O–H groups in total. The molecule has 0 spiro atoms. The summed E-state index contributed by atoms with van der Waals surface area (Å²) in [5, 5.41) is 0. The average molecular weight is 948 g/mol. The predicted molar refractivity (Wildman–Crippen MR) is 289 cm³/mol. The molecule has 0 aromatic rings. The fourth-order valence-corrected chi connectivity index (χ4v) is 9.40. The molecular weight excluding hydrogens is 829 g/mol. The zero-order chi connectivity index (χ0) is 48.9. The topological polar surface area (TPSA) is 78.9 Å². The Morgan fingerprint density at radius 1 is 0.284 bits per heavy atom. The maximum atomic E-state index is 12.9. The highest BCUT2D eigenvalue weighted by molar-refractivity contribution is 5.71. The van der Waals surface area contributed by atoms with Crippen LogP contribution in [-0.4, -0.2) is 37.2 Å². The molecule has 67 heavy (non-hydrogen) atoms. The summed E-state index contributed by atoms with van der Waals surface area (Å²) in [5.41, 5.74) is 0. The molecule has 0 aromatic heterocycles. The van der Waals surface area contributed by atoms with E-state index in [0.29, 0.717) is 19.3 Å². The quantitative estimate of drug-likeness (QED) is 0.0343. The van der Waals surface area contributed by atoms with Crippen molar-refractivity contribution in [3.8, 4) is 0 Å². The van der Waals surface area contributed by atoms with Crippen molar-refractivity contribution in [2.75, 3.05) is 13.2 Å². The summed E-state index contributed by atoms with van der Waals surface area (Å²) in [6.45, 7) is 11.4. The van der Waals surface area contributed by atoms with Crippen LogP contribution in [0.4, 0.5) is 0 Å². The van der Waals surface area contributed by atoms with Crippen LogP contribution in [0.3, 0.4) is 0 Å². The van der Waals surface area contributed by atoms with Gasteiger partial charge in [-0.3, -0.25) is 14.4 Å². The van der Waals surface area contributed by atoms with Gasteiger partial charge in [0.2, 0.25) is 0 Å². The van der Waals surface area contributed by atoms with Gasteiger partial charge in [0.1, 0.15) is 13.2 Å². The van der Waals surface area contributed by atoms with E-state index >= 15 is 0 Å². The summed E-state index contributed by atoms with van der Waals surface area (Å²) < 4.78 is 16.9. The van der Waals surface area contributed by atoms with Crippen LogP contribution in [0.25, 0.3) is 0 Å². The third-order valence-corrected chi connectivity index (χ3v) is 14.0. The molecule has 0 saturated heterocycles. The molecule has 0 aliphatic heterocycles. The monoisotopic (exact) mass is 947 g/mol. The first-order valence-electron chi connectivity index (χ1n) is 30.2. The van der Waals surface area contributed by atoms with Gasteiger partial charge < -0.3 is 14.2 Å². The second kappa shape index (κ2) is 53.8. The molecule has 0 amide bonds. The molecule has 0 bridgehead atoms. The minimum Gasteiger partial charge on any atom is -0.462 e. The molecular formula is C61H118O6. The van der Waals surface area contributed by atoms with Gasteiger partial charge in [-0.25, -0.2) is 0 Å². The summed E-state index contributed by atoms with van der Waals surface area (Å²) in [5.74, 6) is 0.849. The van der Waals surface area contributed by atoms with Gasteiger partial charge in [-0.05, 0) is 31.1 Å². The largest absolute Gasteiger partial charge is 0.462 e. The van der Waals surface area contributed by atoms with E-state index in [4.69, 9.17) is 14.2 Å². The summed E-state index contributed by atoms with van der Waals surface area (Å²) in [7, 11) is 0. The number of esters is 3. The van der Waals surface area contributed by atoms with E-state index in [1.165, 1.54) is 231 Å². The van der Waals surface area contributed by atoms with Gasteiger partial charge >= 0.3 is 17.9 Å². The van der Waals surface area contributed by atoms with Gasteiger partial charge in [0.25, 0.3) is 0 Å². The summed E-state index contributed by atoms with van der Waals surface area (Å²) in [4.78, 5) is 38.2. The van der Waals surface area contributed by atoms with Crippen LogP contribution in [0.2, 0.25) is 0 Å². The fourth-order valence-electron chi connectivity index (χ4n) is 9.40. The van der Waals surface area contributed by atoms with E-state index in [9.17, 15) is 14.4 Å². The highest BCUT2D eigenvalue weighted by atomic mass is 16.6. The van der Waals surface area contributed by atoms with Crippen molar-refractivity contribution in [2.24, 2.45) is 11.8 Å². The lowest BCUT2D eigenvalue weighted by atomic mass is 10.0. The third kappa shape index (κ3) is 55.2. The lowest BCUT2D eigenvalue weighted by Crippen LogP contribution is -2.30. The summed E-state index contributed by atoms with van der Waals surface area (Å²) >= 11 is 0. The van der Waals surface area contributed by atoms with Crippen molar-refractivity contribution in [1.82, 2.24) is 0 Å². The van der Waals surface area contributed by atoms with Crippen molar-refractivity contribution in [2.45, 2.75) is 349 Å². The first-order valence-corrected chi connectivity index (χ1v) is 30.2. The lowest BCUT2D eigenvalue weighted by Gasteiger charge is -2.18. The normalized spacial score (nSPS) is 12.0. The number of carbonyl (C=O) groups is 3. The molecule has 0 aliphatic rings. The summed E-state index contributed by atoms with van der Waals surface area (Å²) in [6.07, 6.45) is 58.1. The maximum Gasteiger partial charge on any atom is 0.306 e. The SMILES string of the molecule is CCCCCCCCCCCCCCCCC(=O)OC[C@@H](COC(=O)CCCCCCCCCCCCCC(C)C)OC(=O)CCCCCCCCCCCCCCCCCCCCC(C)C. The van der Waals surface area contributed by atoms with Crippen molar-refractivity contribution >= 4 is 17.9 Å². The predicted octanol–water partition coefficient (Wildman–Crippen LogP) is 20.0. The number of unbranched alkanes of at least 4 members (excludes halogenated alkanes) is 40. The Hall–Kier alpha value is -1.59. The Balaban J connectivity index is 4.26. The van der Waals surface area contributed by atoms with Gasteiger partial charge in [0.15, 0.2) is 6.10 Å². The molecule has 398 valence electrons. The Morgan fingerprint density at radius 2 is 0.493 bits per heavy atom. The van der Waals surface area contributed by atoms with Crippen LogP contribution in [0.1, 0.15) is 343 Å². The van der Waals surface area contributed by atoms with Crippen LogP contribution in [0.15, 0.2) is 0 Å². The number of hydrogen-bond donors (Lipinski definition) is 0. The Kier molecular flexibility index (Phi) is 52.5. The van der Waals surface area contributed by atoms with E-state index in [1.54, 1.807) is 0 Å². The number of rotatable bonds is 55. The molecule has 0 heterocycles. The number of carbonyl (C=O) groups excluding carboxylic acids is 3. The first kappa shape index (κ1) is 65.4. The van der Waals surface area contributed by atoms with E-state index in [0.717, 1.165) is 69.6 Å². The number of hydrogen-bond acceptors (Lipinski definition) is 6. The number of ether oxygens (including phenoxy) is 3. The van der Waals surface area contributed by atoms with Crippen LogP contribution < -0.4 is 0 Å². The smallest absolute Gasteiger partial charge is 0.306 e. The molecule has 0 saturated carbocycles. The molecule has 0 rings (SSSR count). The zero-order valence-electron chi connectivity index (χ0n) is 46.0. The average Bonchev–Trinajstić information content (AvgIpc) is 3.30. The van der Waals surface area contributed by atoms with Crippen molar-refractivity contribution in [1.29, 1.82) is 0 Å². The van der Waals surface area contributed by atoms with Gasteiger partial charge in [-0.1, -0.05) is 304 Å². The Morgan fingerprint density at radius 3 is 0.731 bits per heavy atom. The van der Waals surface area contributed by atoms with Gasteiger partial charge in [0.05, 0.1) is 0 Å².